The Bertz CT molecular complexity index is 423. The van der Waals surface area contributed by atoms with Gasteiger partial charge in [0.25, 0.3) is 0 Å². The lowest BCUT2D eigenvalue weighted by Crippen LogP contribution is -1.88. The minimum atomic E-state index is -2.98. The molecule has 48 valence electrons. The van der Waals surface area contributed by atoms with Crippen molar-refractivity contribution in [3.05, 3.63) is 35.8 Å². The number of aliphatic hydroxyl groups is 1. The summed E-state index contributed by atoms with van der Waals surface area (Å²) in [6.45, 7) is -2.98. The SMILES string of the molecule is [2H]c1c([2H])c([2H])c(C([2H])C([2H])([2H])O)c([2H])c1[2H]. The third-order valence-corrected chi connectivity index (χ3v) is 0.728. The lowest BCUT2D eigenvalue weighted by atomic mass is 10.2. The van der Waals surface area contributed by atoms with E-state index in [9.17, 15) is 0 Å². The van der Waals surface area contributed by atoms with Gasteiger partial charge in [0.05, 0.1) is 9.60 Å². The molecule has 0 aliphatic rings. The van der Waals surface area contributed by atoms with Gasteiger partial charge in [-0.3, -0.25) is 0 Å². The monoisotopic (exact) mass is 130 g/mol. The van der Waals surface area contributed by atoms with Crippen molar-refractivity contribution in [2.45, 2.75) is 6.40 Å². The van der Waals surface area contributed by atoms with Gasteiger partial charge in [0.15, 0.2) is 0 Å². The van der Waals surface area contributed by atoms with Crippen molar-refractivity contribution < 1.29 is 16.1 Å². The summed E-state index contributed by atoms with van der Waals surface area (Å²) in [6, 6.07) is -3.26. The summed E-state index contributed by atoms with van der Waals surface area (Å²) in [6.07, 6.45) is -1.96. The molecule has 0 saturated heterocycles. The molecule has 0 spiro atoms. The normalized spacial score (nSPS) is 27.2. The molecule has 1 N–H and O–H groups in total. The van der Waals surface area contributed by atoms with Crippen LogP contribution in [0.15, 0.2) is 30.2 Å². The maximum Gasteiger partial charge on any atom is 0.0626 e. The largest absolute Gasteiger partial charge is 0.396 e. The molecule has 0 amide bonds. The zero-order valence-electron chi connectivity index (χ0n) is 12.5. The molecule has 1 unspecified atom stereocenters. The Labute approximate surface area is 66.2 Å². The first-order valence-electron chi connectivity index (χ1n) is 6.38. The Hall–Kier alpha value is -0.820. The molecule has 0 radical (unpaired) electrons. The first-order chi connectivity index (χ1) is 7.59. The third kappa shape index (κ3) is 1.86. The van der Waals surface area contributed by atoms with Gasteiger partial charge in [0.1, 0.15) is 0 Å². The average Bonchev–Trinajstić information content (AvgIpc) is 2.22. The van der Waals surface area contributed by atoms with Crippen LogP contribution in [0.5, 0.6) is 0 Å². The van der Waals surface area contributed by atoms with E-state index in [1.807, 2.05) is 0 Å². The summed E-state index contributed by atoms with van der Waals surface area (Å²) in [5.41, 5.74) is -0.552. The minimum Gasteiger partial charge on any atom is -0.396 e. The second-order valence-corrected chi connectivity index (χ2v) is 1.31. The maximum absolute atomic E-state index is 9.05. The van der Waals surface area contributed by atoms with Crippen LogP contribution in [-0.2, 0) is 6.40 Å². The van der Waals surface area contributed by atoms with E-state index in [-0.39, 0.29) is 0 Å². The first kappa shape index (κ1) is 1.61. The molecule has 0 aliphatic heterocycles. The molecule has 0 aliphatic carbocycles. The zero-order valence-corrected chi connectivity index (χ0v) is 4.52. The minimum absolute atomic E-state index is 0.552. The summed E-state index contributed by atoms with van der Waals surface area (Å²) in [4.78, 5) is 0. The summed E-state index contributed by atoms with van der Waals surface area (Å²) < 4.78 is 58.3. The van der Waals surface area contributed by atoms with Gasteiger partial charge in [-0.25, -0.2) is 0 Å². The predicted octanol–water partition coefficient (Wildman–Crippen LogP) is 1.22. The molecule has 1 heteroatoms. The van der Waals surface area contributed by atoms with Crippen LogP contribution >= 0.6 is 0 Å². The molecule has 9 heavy (non-hydrogen) atoms. The first-order valence-corrected chi connectivity index (χ1v) is 2.30. The Morgan fingerprint density at radius 2 is 2.11 bits per heavy atom. The lowest BCUT2D eigenvalue weighted by molar-refractivity contribution is 0.299. The van der Waals surface area contributed by atoms with Crippen LogP contribution in [0.3, 0.4) is 0 Å². The molecule has 1 aromatic rings. The van der Waals surface area contributed by atoms with Crippen LogP contribution in [0, 0.1) is 0 Å². The van der Waals surface area contributed by atoms with Gasteiger partial charge in [-0.05, 0) is 12.0 Å². The highest BCUT2D eigenvalue weighted by molar-refractivity contribution is 5.14. The number of hydrogen-bond donors (Lipinski definition) is 1. The molecule has 1 rings (SSSR count). The Balaban J connectivity index is 3.55. The molecule has 0 bridgehead atoms. The molecular formula is C8H10O. The molecule has 0 heterocycles. The third-order valence-electron chi connectivity index (χ3n) is 0.728. The van der Waals surface area contributed by atoms with Crippen molar-refractivity contribution in [3.8, 4) is 0 Å². The summed E-state index contributed by atoms with van der Waals surface area (Å²) in [7, 11) is 0. The Morgan fingerprint density at radius 1 is 1.44 bits per heavy atom. The van der Waals surface area contributed by atoms with Crippen LogP contribution in [-0.4, -0.2) is 11.7 Å². The Kier molecular flexibility index (Phi) is 0.582. The standard InChI is InChI=1S/C8H10O/c9-7-6-8-4-2-1-3-5-8/h1-5,9H,6-7H2/i1D,2D,3D,4D,5D,6D,7D2. The molecule has 1 nitrogen and oxygen atoms in total. The van der Waals surface area contributed by atoms with Crippen molar-refractivity contribution in [3.63, 3.8) is 0 Å². The number of hydrogen-bond acceptors (Lipinski definition) is 1. The van der Waals surface area contributed by atoms with Crippen LogP contribution in [0.4, 0.5) is 0 Å². The van der Waals surface area contributed by atoms with Crippen LogP contribution in [0.2, 0.25) is 0 Å². The van der Waals surface area contributed by atoms with Crippen molar-refractivity contribution in [1.29, 1.82) is 0 Å². The molecule has 1 atom stereocenters. The van der Waals surface area contributed by atoms with Gasteiger partial charge >= 0.3 is 0 Å². The van der Waals surface area contributed by atoms with Crippen LogP contribution in [0.1, 0.15) is 16.5 Å². The Morgan fingerprint density at radius 3 is 2.67 bits per heavy atom. The highest BCUT2D eigenvalue weighted by Gasteiger charge is 1.85. The van der Waals surface area contributed by atoms with Gasteiger partial charge in [-0.15, -0.1) is 0 Å². The van der Waals surface area contributed by atoms with E-state index in [2.05, 4.69) is 0 Å². The predicted molar refractivity (Wildman–Crippen MR) is 37.2 cm³/mol. The highest BCUT2D eigenvalue weighted by atomic mass is 16.2. The quantitative estimate of drug-likeness (QED) is 0.638. The number of benzene rings is 1. The van der Waals surface area contributed by atoms with Crippen LogP contribution in [0.25, 0.3) is 0 Å². The number of rotatable bonds is 2. The van der Waals surface area contributed by atoms with E-state index in [1.54, 1.807) is 0 Å². The van der Waals surface area contributed by atoms with E-state index in [0.717, 1.165) is 0 Å². The second-order valence-electron chi connectivity index (χ2n) is 1.31. The van der Waals surface area contributed by atoms with Gasteiger partial charge in [-0.1, -0.05) is 30.2 Å². The molecular weight excluding hydrogens is 112 g/mol. The molecule has 0 aromatic heterocycles. The lowest BCUT2D eigenvalue weighted by Gasteiger charge is -1.93. The smallest absolute Gasteiger partial charge is 0.0626 e. The molecule has 0 saturated carbocycles. The van der Waals surface area contributed by atoms with E-state index < -0.39 is 48.7 Å². The van der Waals surface area contributed by atoms with Crippen molar-refractivity contribution in [2.75, 3.05) is 6.56 Å². The highest BCUT2D eigenvalue weighted by Crippen LogP contribution is 1.97. The van der Waals surface area contributed by atoms with Gasteiger partial charge in [-0.2, -0.15) is 0 Å². The summed E-state index contributed by atoms with van der Waals surface area (Å²) in [5, 5.41) is 9.05. The van der Waals surface area contributed by atoms with Crippen LogP contribution < -0.4 is 0 Å². The molecule has 0 fully saturated rings. The van der Waals surface area contributed by atoms with E-state index in [0.29, 0.717) is 0 Å². The topological polar surface area (TPSA) is 20.2 Å². The zero-order chi connectivity index (χ0) is 13.5. The fraction of sp³-hybridized carbons (Fsp3) is 0.250. The van der Waals surface area contributed by atoms with Gasteiger partial charge < -0.3 is 5.11 Å². The van der Waals surface area contributed by atoms with E-state index in [1.165, 1.54) is 0 Å². The van der Waals surface area contributed by atoms with E-state index >= 15 is 0 Å². The molecule has 1 aromatic carbocycles. The van der Waals surface area contributed by atoms with Gasteiger partial charge in [0, 0.05) is 7.93 Å². The summed E-state index contributed by atoms with van der Waals surface area (Å²) >= 11 is 0. The van der Waals surface area contributed by atoms with Crippen molar-refractivity contribution in [2.24, 2.45) is 0 Å². The maximum atomic E-state index is 9.05. The van der Waals surface area contributed by atoms with E-state index in [4.69, 9.17) is 16.1 Å². The second kappa shape index (κ2) is 3.25. The summed E-state index contributed by atoms with van der Waals surface area (Å²) in [5.74, 6) is 0. The fourth-order valence-corrected chi connectivity index (χ4v) is 0.396. The average molecular weight is 130 g/mol. The van der Waals surface area contributed by atoms with Crippen molar-refractivity contribution >= 4 is 0 Å². The fourth-order valence-electron chi connectivity index (χ4n) is 0.396. The van der Waals surface area contributed by atoms with Gasteiger partial charge in [0.2, 0.25) is 0 Å². The van der Waals surface area contributed by atoms with Crippen molar-refractivity contribution in [1.82, 2.24) is 0 Å².